The molecule has 2 fully saturated rings. The zero-order valence-corrected chi connectivity index (χ0v) is 21.8. The molecule has 3 aromatic rings. The van der Waals surface area contributed by atoms with Crippen LogP contribution in [0, 0.1) is 11.8 Å². The Morgan fingerprint density at radius 3 is 2.53 bits per heavy atom. The van der Waals surface area contributed by atoms with Gasteiger partial charge in [-0.15, -0.1) is 24.8 Å². The molecule has 1 aliphatic carbocycles. The molecule has 6 nitrogen and oxygen atoms in total. The molecule has 1 aromatic carbocycles. The second kappa shape index (κ2) is 12.3. The number of fused-ring (bicyclic) bond motifs is 1. The van der Waals surface area contributed by atoms with Gasteiger partial charge in [-0.2, -0.15) is 0 Å². The summed E-state index contributed by atoms with van der Waals surface area (Å²) in [6, 6.07) is 6.34. The summed E-state index contributed by atoms with van der Waals surface area (Å²) in [5.74, 6) is 2.44. The third-order valence-electron chi connectivity index (χ3n) is 6.90. The highest BCUT2D eigenvalue weighted by Gasteiger charge is 2.24. The molecular formula is C26H37Cl2N3O3. The average Bonchev–Trinajstić information content (AvgIpc) is 3.30. The maximum Gasteiger partial charge on any atom is 0.175 e. The van der Waals surface area contributed by atoms with Crippen molar-refractivity contribution in [3.05, 3.63) is 47.5 Å². The topological polar surface area (TPSA) is 54.9 Å². The van der Waals surface area contributed by atoms with E-state index in [2.05, 4.69) is 47.3 Å². The Morgan fingerprint density at radius 1 is 1.06 bits per heavy atom. The van der Waals surface area contributed by atoms with Crippen LogP contribution in [0.2, 0.25) is 0 Å². The molecule has 0 bridgehead atoms. The molecule has 0 unspecified atom stereocenters. The summed E-state index contributed by atoms with van der Waals surface area (Å²) in [7, 11) is 4.17. The fraction of sp³-hybridized carbons (Fsp3) is 0.577. The van der Waals surface area contributed by atoms with E-state index in [1.807, 2.05) is 6.26 Å². The highest BCUT2D eigenvalue weighted by Crippen LogP contribution is 2.35. The summed E-state index contributed by atoms with van der Waals surface area (Å²) in [4.78, 5) is 4.70. The van der Waals surface area contributed by atoms with E-state index in [-0.39, 0.29) is 24.8 Å². The van der Waals surface area contributed by atoms with Gasteiger partial charge in [-0.25, -0.2) is 0 Å². The van der Waals surface area contributed by atoms with Crippen LogP contribution in [-0.2, 0) is 19.5 Å². The number of likely N-dealkylation sites (tertiary alicyclic amines) is 1. The Kier molecular flexibility index (Phi) is 9.72. The van der Waals surface area contributed by atoms with Gasteiger partial charge in [0.2, 0.25) is 0 Å². The molecule has 0 spiro atoms. The Bertz CT molecular complexity index is 1010. The highest BCUT2D eigenvalue weighted by molar-refractivity contribution is 5.86. The molecule has 1 saturated carbocycles. The third-order valence-corrected chi connectivity index (χ3v) is 6.90. The molecule has 5 rings (SSSR count). The van der Waals surface area contributed by atoms with Crippen molar-refractivity contribution in [3.63, 3.8) is 0 Å². The third kappa shape index (κ3) is 6.69. The summed E-state index contributed by atoms with van der Waals surface area (Å²) in [5, 5.41) is 5.64. The van der Waals surface area contributed by atoms with Gasteiger partial charge in [-0.1, -0.05) is 5.16 Å². The zero-order valence-electron chi connectivity index (χ0n) is 20.2. The number of rotatable bonds is 10. The molecule has 0 atom stereocenters. The number of hydrogen-bond acceptors (Lipinski definition) is 6. The van der Waals surface area contributed by atoms with Crippen LogP contribution in [0.3, 0.4) is 0 Å². The van der Waals surface area contributed by atoms with Crippen molar-refractivity contribution in [1.29, 1.82) is 0 Å². The Labute approximate surface area is 214 Å². The van der Waals surface area contributed by atoms with Crippen LogP contribution in [-0.4, -0.2) is 48.7 Å². The Morgan fingerprint density at radius 2 is 1.85 bits per heavy atom. The zero-order chi connectivity index (χ0) is 21.9. The number of aryl methyl sites for hydroxylation is 1. The van der Waals surface area contributed by atoms with Crippen molar-refractivity contribution in [3.8, 4) is 5.75 Å². The summed E-state index contributed by atoms with van der Waals surface area (Å²) in [6.07, 6.45) is 10.8. The minimum Gasteiger partial charge on any atom is -0.493 e. The van der Waals surface area contributed by atoms with Gasteiger partial charge in [0.15, 0.2) is 5.58 Å². The molecular weight excluding hydrogens is 473 g/mol. The van der Waals surface area contributed by atoms with Crippen molar-refractivity contribution in [2.24, 2.45) is 11.8 Å². The minimum absolute atomic E-state index is 0. The van der Waals surface area contributed by atoms with Crippen LogP contribution >= 0.6 is 24.8 Å². The fourth-order valence-corrected chi connectivity index (χ4v) is 4.78. The van der Waals surface area contributed by atoms with E-state index in [0.717, 1.165) is 79.0 Å². The van der Waals surface area contributed by atoms with Gasteiger partial charge in [-0.05, 0) is 95.7 Å². The second-order valence-corrected chi connectivity index (χ2v) is 9.93. The average molecular weight is 511 g/mol. The standard InChI is InChI=1S/C26H35N3O3.2ClH/c1-28(2)16-23-25(31-18-20-3-4-20)8-6-22-24(27-32-26(22)23)7-5-19-9-12-29(13-10-19)15-21-11-14-30-17-21;;/h6,8,11,14,17,19-20H,3-5,7,9-10,12-13,15-16,18H2,1-2H3;2*1H. The van der Waals surface area contributed by atoms with Crippen molar-refractivity contribution in [1.82, 2.24) is 15.0 Å². The molecule has 1 saturated heterocycles. The van der Waals surface area contributed by atoms with Crippen molar-refractivity contribution in [2.45, 2.75) is 51.6 Å². The molecule has 1 aliphatic heterocycles. The van der Waals surface area contributed by atoms with Crippen molar-refractivity contribution < 1.29 is 13.7 Å². The van der Waals surface area contributed by atoms with E-state index < -0.39 is 0 Å². The van der Waals surface area contributed by atoms with Gasteiger partial charge in [0, 0.05) is 24.0 Å². The fourth-order valence-electron chi connectivity index (χ4n) is 4.78. The van der Waals surface area contributed by atoms with Crippen LogP contribution in [0.5, 0.6) is 5.75 Å². The molecule has 3 heterocycles. The first-order chi connectivity index (χ1) is 15.7. The predicted octanol–water partition coefficient (Wildman–Crippen LogP) is 5.96. The normalized spacial score (nSPS) is 17.0. The van der Waals surface area contributed by atoms with Gasteiger partial charge in [0.1, 0.15) is 5.75 Å². The lowest BCUT2D eigenvalue weighted by molar-refractivity contribution is 0.172. The molecule has 0 amide bonds. The summed E-state index contributed by atoms with van der Waals surface area (Å²) in [6.45, 7) is 4.92. The number of hydrogen-bond donors (Lipinski definition) is 0. The van der Waals surface area contributed by atoms with E-state index in [4.69, 9.17) is 13.7 Å². The van der Waals surface area contributed by atoms with Crippen LogP contribution in [0.25, 0.3) is 11.0 Å². The van der Waals surface area contributed by atoms with Crippen LogP contribution in [0.1, 0.15) is 48.9 Å². The lowest BCUT2D eigenvalue weighted by atomic mass is 9.91. The van der Waals surface area contributed by atoms with Gasteiger partial charge in [0.05, 0.1) is 30.4 Å². The van der Waals surface area contributed by atoms with Crippen LogP contribution in [0.4, 0.5) is 0 Å². The van der Waals surface area contributed by atoms with Crippen molar-refractivity contribution in [2.75, 3.05) is 33.8 Å². The Balaban J connectivity index is 0.00000162. The van der Waals surface area contributed by atoms with Gasteiger partial charge < -0.3 is 18.6 Å². The quantitative estimate of drug-likeness (QED) is 0.336. The van der Waals surface area contributed by atoms with E-state index in [9.17, 15) is 0 Å². The van der Waals surface area contributed by atoms with Crippen molar-refractivity contribution >= 4 is 35.8 Å². The van der Waals surface area contributed by atoms with E-state index in [1.165, 1.54) is 37.7 Å². The maximum absolute atomic E-state index is 6.16. The molecule has 8 heteroatoms. The molecule has 34 heavy (non-hydrogen) atoms. The van der Waals surface area contributed by atoms with Gasteiger partial charge >= 0.3 is 0 Å². The number of piperidine rings is 1. The number of ether oxygens (including phenoxy) is 1. The first-order valence-electron chi connectivity index (χ1n) is 12.1. The van der Waals surface area contributed by atoms with Crippen LogP contribution in [0.15, 0.2) is 39.7 Å². The number of halogens is 2. The minimum atomic E-state index is 0. The molecule has 2 aromatic heterocycles. The second-order valence-electron chi connectivity index (χ2n) is 9.93. The number of nitrogens with zero attached hydrogens (tertiary/aromatic N) is 3. The number of furan rings is 1. The SMILES string of the molecule is CN(C)Cc1c(OCC2CC2)ccc2c(CCC3CCN(Cc4ccoc4)CC3)noc12.Cl.Cl. The summed E-state index contributed by atoms with van der Waals surface area (Å²) in [5.41, 5.74) is 4.39. The number of aromatic nitrogens is 1. The molecule has 2 aliphatic rings. The first-order valence-corrected chi connectivity index (χ1v) is 12.1. The highest BCUT2D eigenvalue weighted by atomic mass is 35.5. The molecule has 188 valence electrons. The van der Waals surface area contributed by atoms with E-state index >= 15 is 0 Å². The first kappa shape index (κ1) is 26.9. The summed E-state index contributed by atoms with van der Waals surface area (Å²) < 4.78 is 17.2. The predicted molar refractivity (Wildman–Crippen MR) is 139 cm³/mol. The van der Waals surface area contributed by atoms with E-state index in [0.29, 0.717) is 0 Å². The smallest absolute Gasteiger partial charge is 0.175 e. The Hall–Kier alpha value is -1.73. The number of benzene rings is 1. The summed E-state index contributed by atoms with van der Waals surface area (Å²) >= 11 is 0. The van der Waals surface area contributed by atoms with E-state index in [1.54, 1.807) is 6.26 Å². The van der Waals surface area contributed by atoms with Gasteiger partial charge in [-0.3, -0.25) is 4.90 Å². The largest absolute Gasteiger partial charge is 0.493 e. The molecule has 0 radical (unpaired) electrons. The maximum atomic E-state index is 6.16. The van der Waals surface area contributed by atoms with Gasteiger partial charge in [0.25, 0.3) is 0 Å². The molecule has 0 N–H and O–H groups in total. The van der Waals surface area contributed by atoms with Crippen LogP contribution < -0.4 is 4.74 Å². The monoisotopic (exact) mass is 509 g/mol. The lowest BCUT2D eigenvalue weighted by Crippen LogP contribution is -2.33. The lowest BCUT2D eigenvalue weighted by Gasteiger charge is -2.31.